The first kappa shape index (κ1) is 18.5. The van der Waals surface area contributed by atoms with Gasteiger partial charge in [-0.1, -0.05) is 12.1 Å². The van der Waals surface area contributed by atoms with Crippen molar-refractivity contribution in [1.82, 2.24) is 14.7 Å². The summed E-state index contributed by atoms with van der Waals surface area (Å²) >= 11 is 5.34. The fraction of sp³-hybridized carbons (Fsp3) is 0.300. The van der Waals surface area contributed by atoms with Gasteiger partial charge in [0, 0.05) is 12.1 Å². The molecule has 1 aliphatic rings. The molecular formula is C20H21N3O4S. The third-order valence-electron chi connectivity index (χ3n) is 4.29. The lowest BCUT2D eigenvalue weighted by atomic mass is 10.2. The van der Waals surface area contributed by atoms with Gasteiger partial charge in [-0.15, -0.1) is 5.10 Å². The quantitative estimate of drug-likeness (QED) is 0.555. The first-order valence-electron chi connectivity index (χ1n) is 9.00. The molecule has 146 valence electrons. The van der Waals surface area contributed by atoms with Crippen LogP contribution in [0.15, 0.2) is 46.9 Å². The number of rotatable bonds is 7. The minimum Gasteiger partial charge on any atom is -0.494 e. The van der Waals surface area contributed by atoms with Crippen LogP contribution in [0.25, 0.3) is 11.5 Å². The van der Waals surface area contributed by atoms with E-state index in [-0.39, 0.29) is 6.79 Å². The van der Waals surface area contributed by atoms with Gasteiger partial charge < -0.3 is 18.6 Å². The largest absolute Gasteiger partial charge is 0.494 e. The lowest BCUT2D eigenvalue weighted by molar-refractivity contribution is 0.174. The average Bonchev–Trinajstić information content (AvgIpc) is 3.29. The molecule has 0 saturated heterocycles. The van der Waals surface area contributed by atoms with Crippen LogP contribution < -0.4 is 14.2 Å². The van der Waals surface area contributed by atoms with Crippen LogP contribution in [0.5, 0.6) is 17.2 Å². The Balaban J connectivity index is 1.44. The van der Waals surface area contributed by atoms with Crippen LogP contribution in [-0.4, -0.2) is 35.1 Å². The molecule has 0 bridgehead atoms. The van der Waals surface area contributed by atoms with Crippen molar-refractivity contribution in [1.29, 1.82) is 0 Å². The fourth-order valence-electron chi connectivity index (χ4n) is 2.99. The number of nitrogens with zero attached hydrogens (tertiary/aromatic N) is 3. The van der Waals surface area contributed by atoms with Gasteiger partial charge in [-0.2, -0.15) is 0 Å². The van der Waals surface area contributed by atoms with Gasteiger partial charge >= 0.3 is 0 Å². The molecule has 8 heteroatoms. The molecule has 0 amide bonds. The van der Waals surface area contributed by atoms with Crippen molar-refractivity contribution in [3.63, 3.8) is 0 Å². The Kier molecular flexibility index (Phi) is 5.31. The van der Waals surface area contributed by atoms with Gasteiger partial charge in [-0.25, -0.2) is 4.68 Å². The smallest absolute Gasteiger partial charge is 0.288 e. The molecule has 0 aliphatic carbocycles. The molecule has 0 atom stereocenters. The van der Waals surface area contributed by atoms with Crippen molar-refractivity contribution in [2.75, 3.05) is 20.4 Å². The van der Waals surface area contributed by atoms with Crippen molar-refractivity contribution in [2.45, 2.75) is 20.1 Å². The second-order valence-electron chi connectivity index (χ2n) is 6.47. The molecule has 0 unspecified atom stereocenters. The Morgan fingerprint density at radius 3 is 2.71 bits per heavy atom. The van der Waals surface area contributed by atoms with Gasteiger partial charge in [0.15, 0.2) is 11.5 Å². The number of ether oxygens (including phenoxy) is 3. The van der Waals surface area contributed by atoms with E-state index in [4.69, 9.17) is 30.8 Å². The summed E-state index contributed by atoms with van der Waals surface area (Å²) in [5.41, 5.74) is 1.97. The van der Waals surface area contributed by atoms with Gasteiger partial charge in [0.25, 0.3) is 4.84 Å². The molecule has 0 fully saturated rings. The Morgan fingerprint density at radius 1 is 1.14 bits per heavy atom. The van der Waals surface area contributed by atoms with E-state index in [9.17, 15) is 0 Å². The molecule has 3 aromatic rings. The third-order valence-corrected chi connectivity index (χ3v) is 4.58. The van der Waals surface area contributed by atoms with E-state index in [2.05, 4.69) is 22.1 Å². The molecule has 1 aromatic heterocycles. The maximum absolute atomic E-state index is 5.68. The van der Waals surface area contributed by atoms with Crippen LogP contribution in [0.4, 0.5) is 0 Å². The zero-order valence-corrected chi connectivity index (χ0v) is 16.6. The van der Waals surface area contributed by atoms with E-state index >= 15 is 0 Å². The summed E-state index contributed by atoms with van der Waals surface area (Å²) in [5.74, 6) is 2.73. The molecular weight excluding hydrogens is 378 g/mol. The van der Waals surface area contributed by atoms with Crippen molar-refractivity contribution >= 4 is 12.2 Å². The van der Waals surface area contributed by atoms with Crippen molar-refractivity contribution in [3.8, 4) is 28.7 Å². The lowest BCUT2D eigenvalue weighted by Gasteiger charge is -2.16. The Hall–Kier alpha value is -2.84. The summed E-state index contributed by atoms with van der Waals surface area (Å²) in [6.45, 7) is 4.13. The number of benzene rings is 2. The van der Waals surface area contributed by atoms with Crippen LogP contribution in [0.1, 0.15) is 12.5 Å². The van der Waals surface area contributed by atoms with E-state index in [1.165, 1.54) is 5.56 Å². The predicted octanol–water partition coefficient (Wildman–Crippen LogP) is 4.09. The van der Waals surface area contributed by atoms with Crippen molar-refractivity contribution in [2.24, 2.45) is 0 Å². The second-order valence-corrected chi connectivity index (χ2v) is 6.82. The number of aromatic nitrogens is 2. The van der Waals surface area contributed by atoms with Crippen molar-refractivity contribution in [3.05, 3.63) is 52.9 Å². The number of hydrogen-bond acceptors (Lipinski definition) is 7. The molecule has 28 heavy (non-hydrogen) atoms. The minimum absolute atomic E-state index is 0.229. The minimum atomic E-state index is 0.229. The Morgan fingerprint density at radius 2 is 1.93 bits per heavy atom. The molecule has 7 nitrogen and oxygen atoms in total. The third kappa shape index (κ3) is 4.02. The van der Waals surface area contributed by atoms with Gasteiger partial charge in [0.05, 0.1) is 13.3 Å². The van der Waals surface area contributed by atoms with E-state index < -0.39 is 0 Å². The number of hydrogen-bond donors (Lipinski definition) is 0. The molecule has 2 aromatic carbocycles. The predicted molar refractivity (Wildman–Crippen MR) is 106 cm³/mol. The van der Waals surface area contributed by atoms with Gasteiger partial charge in [0.2, 0.25) is 12.7 Å². The van der Waals surface area contributed by atoms with E-state index in [0.29, 0.717) is 29.8 Å². The maximum Gasteiger partial charge on any atom is 0.288 e. The first-order chi connectivity index (χ1) is 13.6. The number of fused-ring (bicyclic) bond motifs is 1. The van der Waals surface area contributed by atoms with Crippen LogP contribution in [0, 0.1) is 4.84 Å². The fourth-order valence-corrected chi connectivity index (χ4v) is 3.17. The highest BCUT2D eigenvalue weighted by atomic mass is 32.1. The van der Waals surface area contributed by atoms with Crippen LogP contribution >= 0.6 is 12.2 Å². The monoisotopic (exact) mass is 399 g/mol. The molecule has 0 spiro atoms. The Labute approximate surface area is 168 Å². The van der Waals surface area contributed by atoms with Gasteiger partial charge in [0.1, 0.15) is 5.75 Å². The first-order valence-corrected chi connectivity index (χ1v) is 9.41. The van der Waals surface area contributed by atoms with E-state index in [1.54, 1.807) is 4.68 Å². The SMILES string of the molecule is CCOc1ccc(CN(C)Cn2nc(-c3ccc4c(c3)OCO4)oc2=S)cc1. The van der Waals surface area contributed by atoms with Crippen molar-refractivity contribution < 1.29 is 18.6 Å². The topological polar surface area (TPSA) is 61.9 Å². The molecule has 4 rings (SSSR count). The zero-order valence-electron chi connectivity index (χ0n) is 15.8. The lowest BCUT2D eigenvalue weighted by Crippen LogP contribution is -2.22. The van der Waals surface area contributed by atoms with Crippen LogP contribution in [0.3, 0.4) is 0 Å². The standard InChI is InChI=1S/C20H21N3O4S/c1-3-24-16-7-4-14(5-8-16)11-22(2)12-23-20(28)27-19(21-23)15-6-9-17-18(10-15)26-13-25-17/h4-10H,3,11-13H2,1-2H3. The highest BCUT2D eigenvalue weighted by molar-refractivity contribution is 7.71. The molecule has 0 N–H and O–H groups in total. The summed E-state index contributed by atoms with van der Waals surface area (Å²) < 4.78 is 23.6. The van der Waals surface area contributed by atoms with Crippen LogP contribution in [-0.2, 0) is 13.2 Å². The molecule has 0 saturated carbocycles. The van der Waals surface area contributed by atoms with E-state index in [1.807, 2.05) is 44.3 Å². The summed E-state index contributed by atoms with van der Waals surface area (Å²) in [6, 6.07) is 13.6. The zero-order chi connectivity index (χ0) is 19.5. The second kappa shape index (κ2) is 8.04. The summed E-state index contributed by atoms with van der Waals surface area (Å²) in [6.07, 6.45) is 0. The van der Waals surface area contributed by atoms with E-state index in [0.717, 1.165) is 23.6 Å². The highest BCUT2D eigenvalue weighted by Crippen LogP contribution is 2.35. The maximum atomic E-state index is 5.68. The summed E-state index contributed by atoms with van der Waals surface area (Å²) in [4.78, 5) is 2.43. The molecule has 0 radical (unpaired) electrons. The van der Waals surface area contributed by atoms with Crippen LogP contribution in [0.2, 0.25) is 0 Å². The highest BCUT2D eigenvalue weighted by Gasteiger charge is 2.17. The normalized spacial score (nSPS) is 12.5. The molecule has 2 heterocycles. The summed E-state index contributed by atoms with van der Waals surface area (Å²) in [7, 11) is 2.01. The Bertz CT molecular complexity index is 1010. The van der Waals surface area contributed by atoms with Gasteiger partial charge in [-0.05, 0) is 62.1 Å². The molecule has 1 aliphatic heterocycles. The summed E-state index contributed by atoms with van der Waals surface area (Å²) in [5, 5.41) is 4.51. The average molecular weight is 399 g/mol. The van der Waals surface area contributed by atoms with Gasteiger partial charge in [-0.3, -0.25) is 4.90 Å².